The predicted molar refractivity (Wildman–Crippen MR) is 104 cm³/mol. The van der Waals surface area contributed by atoms with Crippen LogP contribution >= 0.6 is 15.9 Å². The topological polar surface area (TPSA) is 85.1 Å². The number of nitrogens with one attached hydrogen (secondary N) is 1. The molecule has 1 fully saturated rings. The number of hydrogen-bond donors (Lipinski definition) is 2. The number of rotatable bonds is 7. The lowest BCUT2D eigenvalue weighted by molar-refractivity contribution is 0.0810. The molecule has 0 unspecified atom stereocenters. The zero-order valence-electron chi connectivity index (χ0n) is 15.0. The number of aliphatic hydroxyl groups excluding tert-OH is 1. The zero-order chi connectivity index (χ0) is 18.0. The molecule has 0 aromatic carbocycles. The third-order valence-corrected chi connectivity index (χ3v) is 6.76. The average Bonchev–Trinajstić information content (AvgIpc) is 3.08. The lowest BCUT2D eigenvalue weighted by Crippen LogP contribution is -2.28. The summed E-state index contributed by atoms with van der Waals surface area (Å²) >= 11 is 3.51. The minimum Gasteiger partial charge on any atom is -0.391 e. The largest absolute Gasteiger partial charge is 0.391 e. The van der Waals surface area contributed by atoms with Crippen LogP contribution in [0.1, 0.15) is 19.3 Å². The zero-order valence-corrected chi connectivity index (χ0v) is 17.6. The van der Waals surface area contributed by atoms with E-state index >= 15 is 0 Å². The molecule has 2 aromatic rings. The molecule has 3 rings (SSSR count). The van der Waals surface area contributed by atoms with Gasteiger partial charge in [-0.1, -0.05) is 19.6 Å². The Balaban J connectivity index is 1.74. The molecule has 2 aromatic heterocycles. The molecule has 0 radical (unpaired) electrons. The highest BCUT2D eigenvalue weighted by Crippen LogP contribution is 2.30. The van der Waals surface area contributed by atoms with E-state index in [-0.39, 0.29) is 12.1 Å². The first-order valence-corrected chi connectivity index (χ1v) is 13.2. The van der Waals surface area contributed by atoms with Crippen LogP contribution in [0.3, 0.4) is 0 Å². The molecule has 1 saturated carbocycles. The Labute approximate surface area is 157 Å². The van der Waals surface area contributed by atoms with Crippen molar-refractivity contribution in [1.29, 1.82) is 0 Å². The highest BCUT2D eigenvalue weighted by molar-refractivity contribution is 9.10. The molecule has 25 heavy (non-hydrogen) atoms. The Hall–Kier alpha value is -1.03. The number of anilines is 1. The molecule has 138 valence electrons. The first kappa shape index (κ1) is 18.7. The smallest absolute Gasteiger partial charge is 0.166 e. The summed E-state index contributed by atoms with van der Waals surface area (Å²) in [4.78, 5) is 8.73. The van der Waals surface area contributed by atoms with E-state index in [1.54, 1.807) is 4.68 Å². The molecule has 9 heteroatoms. The highest BCUT2D eigenvalue weighted by Gasteiger charge is 2.27. The molecule has 1 aliphatic rings. The molecule has 0 bridgehead atoms. The van der Waals surface area contributed by atoms with Crippen LogP contribution in [0, 0.1) is 0 Å². The number of fused-ring (bicyclic) bond motifs is 1. The summed E-state index contributed by atoms with van der Waals surface area (Å²) in [5, 5.41) is 18.7. The van der Waals surface area contributed by atoms with E-state index in [9.17, 15) is 5.11 Å². The fourth-order valence-electron chi connectivity index (χ4n) is 2.98. The quantitative estimate of drug-likeness (QED) is 0.520. The van der Waals surface area contributed by atoms with Gasteiger partial charge in [-0.15, -0.1) is 0 Å². The number of hydrogen-bond acceptors (Lipinski definition) is 6. The van der Waals surface area contributed by atoms with E-state index in [2.05, 4.69) is 56.0 Å². The fourth-order valence-corrected chi connectivity index (χ4v) is 4.29. The van der Waals surface area contributed by atoms with Crippen LogP contribution in [-0.4, -0.2) is 51.7 Å². The number of nitrogens with zero attached hydrogens (tertiary/aromatic N) is 4. The van der Waals surface area contributed by atoms with Gasteiger partial charge in [-0.3, -0.25) is 0 Å². The summed E-state index contributed by atoms with van der Waals surface area (Å²) in [5.41, 5.74) is 0.727. The number of ether oxygens (including phenoxy) is 1. The van der Waals surface area contributed by atoms with Gasteiger partial charge in [0.15, 0.2) is 5.65 Å². The first-order chi connectivity index (χ1) is 11.8. The molecule has 2 atom stereocenters. The molecule has 2 heterocycles. The summed E-state index contributed by atoms with van der Waals surface area (Å²) in [6.07, 6.45) is 4.00. The van der Waals surface area contributed by atoms with Crippen molar-refractivity contribution in [3.8, 4) is 0 Å². The standard InChI is InChI=1S/C16H26BrN5O2Si/c1-25(2,3)8-7-24-10-22-16-13(14(17)21-22)15(18-9-19-16)20-11-5-4-6-12(11)23/h9,11-12,23H,4-8,10H2,1-3H3,(H,18,19,20)/t11-,12-/m1/s1. The lowest BCUT2D eigenvalue weighted by Gasteiger charge is -2.17. The van der Waals surface area contributed by atoms with Crippen molar-refractivity contribution in [2.24, 2.45) is 0 Å². The van der Waals surface area contributed by atoms with Gasteiger partial charge in [-0.25, -0.2) is 14.6 Å². The summed E-state index contributed by atoms with van der Waals surface area (Å²) in [6.45, 7) is 8.10. The van der Waals surface area contributed by atoms with Crippen LogP contribution in [-0.2, 0) is 11.5 Å². The maximum absolute atomic E-state index is 10.1. The first-order valence-electron chi connectivity index (χ1n) is 8.74. The van der Waals surface area contributed by atoms with Crippen molar-refractivity contribution in [1.82, 2.24) is 19.7 Å². The van der Waals surface area contributed by atoms with Crippen LogP contribution in [0.2, 0.25) is 25.7 Å². The SMILES string of the molecule is C[Si](C)(C)CCOCn1nc(Br)c2c(N[C@@H]3CCC[C@H]3O)ncnc21. The lowest BCUT2D eigenvalue weighted by atomic mass is 10.2. The van der Waals surface area contributed by atoms with Gasteiger partial charge in [0.05, 0.1) is 17.5 Å². The minimum atomic E-state index is -1.10. The Kier molecular flexibility index (Phi) is 5.77. The monoisotopic (exact) mass is 427 g/mol. The van der Waals surface area contributed by atoms with Crippen molar-refractivity contribution >= 4 is 40.9 Å². The average molecular weight is 428 g/mol. The fraction of sp³-hybridized carbons (Fsp3) is 0.688. The van der Waals surface area contributed by atoms with E-state index in [1.165, 1.54) is 6.33 Å². The van der Waals surface area contributed by atoms with E-state index in [1.807, 2.05) is 0 Å². The third-order valence-electron chi connectivity index (χ3n) is 4.50. The number of aliphatic hydroxyl groups is 1. The Morgan fingerprint density at radius 1 is 1.36 bits per heavy atom. The molecule has 2 N–H and O–H groups in total. The van der Waals surface area contributed by atoms with E-state index < -0.39 is 8.07 Å². The molecular weight excluding hydrogens is 402 g/mol. The van der Waals surface area contributed by atoms with Gasteiger partial charge in [0.2, 0.25) is 0 Å². The summed E-state index contributed by atoms with van der Waals surface area (Å²) in [6, 6.07) is 1.15. The molecule has 1 aliphatic carbocycles. The van der Waals surface area contributed by atoms with Crippen molar-refractivity contribution in [2.75, 3.05) is 11.9 Å². The molecule has 0 aliphatic heterocycles. The van der Waals surface area contributed by atoms with Crippen molar-refractivity contribution < 1.29 is 9.84 Å². The predicted octanol–water partition coefficient (Wildman–Crippen LogP) is 3.23. The normalized spacial score (nSPS) is 21.2. The van der Waals surface area contributed by atoms with Gasteiger partial charge in [0, 0.05) is 14.7 Å². The van der Waals surface area contributed by atoms with Crippen LogP contribution in [0.25, 0.3) is 11.0 Å². The Bertz CT molecular complexity index is 733. The third kappa shape index (κ3) is 4.58. The maximum Gasteiger partial charge on any atom is 0.166 e. The number of aromatic nitrogens is 4. The van der Waals surface area contributed by atoms with E-state index in [4.69, 9.17) is 4.74 Å². The second-order valence-corrected chi connectivity index (χ2v) is 14.2. The van der Waals surface area contributed by atoms with Crippen LogP contribution < -0.4 is 5.32 Å². The van der Waals surface area contributed by atoms with Gasteiger partial charge in [-0.2, -0.15) is 5.10 Å². The second-order valence-electron chi connectivity index (χ2n) is 7.81. The second kappa shape index (κ2) is 7.69. The van der Waals surface area contributed by atoms with Gasteiger partial charge in [0.25, 0.3) is 0 Å². The summed E-state index contributed by atoms with van der Waals surface area (Å²) < 4.78 is 8.24. The molecule has 7 nitrogen and oxygen atoms in total. The maximum atomic E-state index is 10.1. The minimum absolute atomic E-state index is 0.0290. The van der Waals surface area contributed by atoms with E-state index in [0.717, 1.165) is 42.9 Å². The van der Waals surface area contributed by atoms with Gasteiger partial charge >= 0.3 is 0 Å². The molecule has 0 spiro atoms. The van der Waals surface area contributed by atoms with Gasteiger partial charge < -0.3 is 15.2 Å². The Morgan fingerprint density at radius 3 is 2.84 bits per heavy atom. The molecule has 0 saturated heterocycles. The Morgan fingerprint density at radius 2 is 2.16 bits per heavy atom. The summed E-state index contributed by atoms with van der Waals surface area (Å²) in [5.74, 6) is 0.705. The van der Waals surface area contributed by atoms with Gasteiger partial charge in [-0.05, 0) is 41.2 Å². The number of halogens is 1. The van der Waals surface area contributed by atoms with Crippen LogP contribution in [0.5, 0.6) is 0 Å². The van der Waals surface area contributed by atoms with Crippen molar-refractivity contribution in [3.63, 3.8) is 0 Å². The van der Waals surface area contributed by atoms with Crippen molar-refractivity contribution in [2.45, 2.75) is 63.8 Å². The summed E-state index contributed by atoms with van der Waals surface area (Å²) in [7, 11) is -1.10. The highest BCUT2D eigenvalue weighted by atomic mass is 79.9. The van der Waals surface area contributed by atoms with Crippen LogP contribution in [0.15, 0.2) is 10.9 Å². The van der Waals surface area contributed by atoms with Gasteiger partial charge in [0.1, 0.15) is 23.5 Å². The van der Waals surface area contributed by atoms with Crippen molar-refractivity contribution in [3.05, 3.63) is 10.9 Å². The van der Waals surface area contributed by atoms with Crippen LogP contribution in [0.4, 0.5) is 5.82 Å². The molecular formula is C16H26BrN5O2Si. The van der Waals surface area contributed by atoms with E-state index in [0.29, 0.717) is 17.2 Å². The molecule has 0 amide bonds.